The van der Waals surface area contributed by atoms with Gasteiger partial charge in [0.1, 0.15) is 16.8 Å². The van der Waals surface area contributed by atoms with Gasteiger partial charge in [-0.1, -0.05) is 30.7 Å². The lowest BCUT2D eigenvalue weighted by Crippen LogP contribution is -2.00. The highest BCUT2D eigenvalue weighted by atomic mass is 79.9. The van der Waals surface area contributed by atoms with Crippen LogP contribution >= 0.6 is 27.5 Å². The molecule has 2 rings (SSSR count). The maximum Gasteiger partial charge on any atom is 0.135 e. The SMILES string of the molecule is CCc1nc(Cl)cc(Nc2cccc(C)c2Br)n1. The van der Waals surface area contributed by atoms with Crippen molar-refractivity contribution in [3.63, 3.8) is 0 Å². The van der Waals surface area contributed by atoms with Crippen molar-refractivity contribution >= 4 is 39.0 Å². The van der Waals surface area contributed by atoms with E-state index in [1.807, 2.05) is 32.0 Å². The molecule has 0 spiro atoms. The fourth-order valence-electron chi connectivity index (χ4n) is 1.57. The van der Waals surface area contributed by atoms with Crippen LogP contribution in [0.3, 0.4) is 0 Å². The molecule has 0 saturated carbocycles. The summed E-state index contributed by atoms with van der Waals surface area (Å²) in [6.07, 6.45) is 0.754. The molecule has 1 aromatic carbocycles. The van der Waals surface area contributed by atoms with Crippen molar-refractivity contribution in [2.24, 2.45) is 0 Å². The van der Waals surface area contributed by atoms with E-state index in [1.165, 1.54) is 0 Å². The van der Waals surface area contributed by atoms with Gasteiger partial charge in [0.25, 0.3) is 0 Å². The fraction of sp³-hybridized carbons (Fsp3) is 0.231. The first-order valence-corrected chi connectivity index (χ1v) is 6.83. The van der Waals surface area contributed by atoms with E-state index in [-0.39, 0.29) is 0 Å². The standard InChI is InChI=1S/C13H13BrClN3/c1-3-11-17-10(15)7-12(18-11)16-9-6-4-5-8(2)13(9)14/h4-7H,3H2,1-2H3,(H,16,17,18). The van der Waals surface area contributed by atoms with Crippen molar-refractivity contribution < 1.29 is 0 Å². The van der Waals surface area contributed by atoms with Crippen LogP contribution in [0.2, 0.25) is 5.15 Å². The van der Waals surface area contributed by atoms with Crippen LogP contribution in [0.15, 0.2) is 28.7 Å². The molecule has 0 amide bonds. The van der Waals surface area contributed by atoms with E-state index in [2.05, 4.69) is 31.2 Å². The Bertz CT molecular complexity index is 572. The Labute approximate surface area is 120 Å². The Balaban J connectivity index is 2.34. The predicted molar refractivity (Wildman–Crippen MR) is 78.6 cm³/mol. The molecule has 5 heteroatoms. The van der Waals surface area contributed by atoms with Gasteiger partial charge in [-0.2, -0.15) is 0 Å². The lowest BCUT2D eigenvalue weighted by molar-refractivity contribution is 0.943. The minimum atomic E-state index is 0.452. The summed E-state index contributed by atoms with van der Waals surface area (Å²) in [5.41, 5.74) is 2.13. The molecule has 0 radical (unpaired) electrons. The Hall–Kier alpha value is -1.13. The quantitative estimate of drug-likeness (QED) is 0.843. The van der Waals surface area contributed by atoms with Crippen molar-refractivity contribution in [3.8, 4) is 0 Å². The van der Waals surface area contributed by atoms with Gasteiger partial charge in [0.05, 0.1) is 5.69 Å². The van der Waals surface area contributed by atoms with Crippen molar-refractivity contribution in [2.75, 3.05) is 5.32 Å². The Morgan fingerprint density at radius 2 is 2.11 bits per heavy atom. The first-order chi connectivity index (χ1) is 8.60. The van der Waals surface area contributed by atoms with Crippen LogP contribution in [0.25, 0.3) is 0 Å². The molecule has 0 bridgehead atoms. The summed E-state index contributed by atoms with van der Waals surface area (Å²) in [5, 5.41) is 3.70. The van der Waals surface area contributed by atoms with E-state index in [9.17, 15) is 0 Å². The van der Waals surface area contributed by atoms with Gasteiger partial charge in [-0.25, -0.2) is 9.97 Å². The average molecular weight is 327 g/mol. The number of anilines is 2. The maximum atomic E-state index is 5.96. The van der Waals surface area contributed by atoms with Crippen molar-refractivity contribution in [1.29, 1.82) is 0 Å². The first kappa shape index (κ1) is 13.3. The molecule has 0 aliphatic carbocycles. The highest BCUT2D eigenvalue weighted by molar-refractivity contribution is 9.10. The van der Waals surface area contributed by atoms with Crippen LogP contribution in [0.4, 0.5) is 11.5 Å². The summed E-state index contributed by atoms with van der Waals surface area (Å²) >= 11 is 9.52. The highest BCUT2D eigenvalue weighted by Crippen LogP contribution is 2.28. The topological polar surface area (TPSA) is 37.8 Å². The number of benzene rings is 1. The number of aryl methyl sites for hydroxylation is 2. The molecule has 0 fully saturated rings. The molecule has 1 N–H and O–H groups in total. The zero-order valence-electron chi connectivity index (χ0n) is 10.2. The van der Waals surface area contributed by atoms with E-state index in [0.717, 1.165) is 28.0 Å². The van der Waals surface area contributed by atoms with Gasteiger partial charge in [0.15, 0.2) is 0 Å². The lowest BCUT2D eigenvalue weighted by atomic mass is 10.2. The van der Waals surface area contributed by atoms with Gasteiger partial charge in [0, 0.05) is 17.0 Å². The zero-order chi connectivity index (χ0) is 13.1. The van der Waals surface area contributed by atoms with Crippen LogP contribution in [-0.2, 0) is 6.42 Å². The molecule has 0 aliphatic heterocycles. The lowest BCUT2D eigenvalue weighted by Gasteiger charge is -2.10. The van der Waals surface area contributed by atoms with Gasteiger partial charge in [-0.15, -0.1) is 0 Å². The van der Waals surface area contributed by atoms with E-state index in [1.54, 1.807) is 6.07 Å². The number of aromatic nitrogens is 2. The predicted octanol–water partition coefficient (Wildman–Crippen LogP) is 4.51. The minimum absolute atomic E-state index is 0.452. The van der Waals surface area contributed by atoms with Gasteiger partial charge in [-0.3, -0.25) is 0 Å². The van der Waals surface area contributed by atoms with Gasteiger partial charge in [0.2, 0.25) is 0 Å². The van der Waals surface area contributed by atoms with E-state index >= 15 is 0 Å². The van der Waals surface area contributed by atoms with Crippen molar-refractivity contribution in [3.05, 3.63) is 45.3 Å². The minimum Gasteiger partial charge on any atom is -0.339 e. The second-order valence-electron chi connectivity index (χ2n) is 3.91. The number of nitrogens with one attached hydrogen (secondary N) is 1. The van der Waals surface area contributed by atoms with Crippen LogP contribution in [0.1, 0.15) is 18.3 Å². The Kier molecular flexibility index (Phi) is 4.19. The van der Waals surface area contributed by atoms with Gasteiger partial charge >= 0.3 is 0 Å². The molecule has 18 heavy (non-hydrogen) atoms. The van der Waals surface area contributed by atoms with E-state index in [0.29, 0.717) is 11.0 Å². The highest BCUT2D eigenvalue weighted by Gasteiger charge is 2.06. The first-order valence-electron chi connectivity index (χ1n) is 5.65. The third kappa shape index (κ3) is 3.00. The fourth-order valence-corrected chi connectivity index (χ4v) is 2.13. The summed E-state index contributed by atoms with van der Waals surface area (Å²) in [5.74, 6) is 1.44. The monoisotopic (exact) mass is 325 g/mol. The summed E-state index contributed by atoms with van der Waals surface area (Å²) in [6.45, 7) is 4.04. The van der Waals surface area contributed by atoms with E-state index < -0.39 is 0 Å². The molecule has 94 valence electrons. The normalized spacial score (nSPS) is 10.4. The third-order valence-corrected chi connectivity index (χ3v) is 3.76. The number of hydrogen-bond donors (Lipinski definition) is 1. The molecule has 1 aromatic heterocycles. The van der Waals surface area contributed by atoms with Crippen LogP contribution < -0.4 is 5.32 Å². The average Bonchev–Trinajstić information content (AvgIpc) is 2.34. The Morgan fingerprint density at radius 1 is 1.33 bits per heavy atom. The largest absolute Gasteiger partial charge is 0.339 e. The summed E-state index contributed by atoms with van der Waals surface area (Å²) in [4.78, 5) is 8.53. The van der Waals surface area contributed by atoms with Crippen LogP contribution in [-0.4, -0.2) is 9.97 Å². The Morgan fingerprint density at radius 3 is 2.83 bits per heavy atom. The molecular formula is C13H13BrClN3. The molecule has 0 atom stereocenters. The molecule has 3 nitrogen and oxygen atoms in total. The third-order valence-electron chi connectivity index (χ3n) is 2.51. The molecule has 0 aliphatic rings. The summed E-state index contributed by atoms with van der Waals surface area (Å²) in [6, 6.07) is 7.74. The number of nitrogens with zero attached hydrogens (tertiary/aromatic N) is 2. The number of halogens is 2. The molecular weight excluding hydrogens is 314 g/mol. The molecule has 0 unspecified atom stereocenters. The second-order valence-corrected chi connectivity index (χ2v) is 5.09. The zero-order valence-corrected chi connectivity index (χ0v) is 12.5. The van der Waals surface area contributed by atoms with Crippen molar-refractivity contribution in [1.82, 2.24) is 9.97 Å². The molecule has 2 aromatic rings. The smallest absolute Gasteiger partial charge is 0.135 e. The second kappa shape index (κ2) is 5.67. The molecule has 0 saturated heterocycles. The van der Waals surface area contributed by atoms with E-state index in [4.69, 9.17) is 11.6 Å². The van der Waals surface area contributed by atoms with Gasteiger partial charge < -0.3 is 5.32 Å². The van der Waals surface area contributed by atoms with Crippen molar-refractivity contribution in [2.45, 2.75) is 20.3 Å². The summed E-state index contributed by atoms with van der Waals surface area (Å²) in [7, 11) is 0. The molecule has 1 heterocycles. The number of hydrogen-bond acceptors (Lipinski definition) is 3. The number of rotatable bonds is 3. The summed E-state index contributed by atoms with van der Waals surface area (Å²) < 4.78 is 1.03. The maximum absolute atomic E-state index is 5.96. The van der Waals surface area contributed by atoms with Crippen LogP contribution in [0.5, 0.6) is 0 Å². The van der Waals surface area contributed by atoms with Crippen LogP contribution in [0, 0.1) is 6.92 Å². The van der Waals surface area contributed by atoms with Gasteiger partial charge in [-0.05, 0) is 34.5 Å².